The second-order valence-corrected chi connectivity index (χ2v) is 8.39. The van der Waals surface area contributed by atoms with Crippen LogP contribution in [0.3, 0.4) is 0 Å². The fourth-order valence-corrected chi connectivity index (χ4v) is 4.44. The smallest absolute Gasteiger partial charge is 0.262 e. The molecule has 1 atom stereocenters. The normalized spacial score (nSPS) is 12.4. The van der Waals surface area contributed by atoms with E-state index in [1.807, 2.05) is 72.8 Å². The topological polar surface area (TPSA) is 72.5 Å². The van der Waals surface area contributed by atoms with Gasteiger partial charge in [-0.05, 0) is 37.6 Å². The zero-order chi connectivity index (χ0) is 21.3. The lowest BCUT2D eigenvalue weighted by Crippen LogP contribution is -2.33. The number of thioether (sulfide) groups is 1. The third-order valence-electron chi connectivity index (χ3n) is 5.03. The predicted molar refractivity (Wildman–Crippen MR) is 120 cm³/mol. The van der Waals surface area contributed by atoms with E-state index in [1.165, 1.54) is 11.8 Å². The van der Waals surface area contributed by atoms with Gasteiger partial charge in [-0.1, -0.05) is 49.0 Å². The summed E-state index contributed by atoms with van der Waals surface area (Å²) in [5.74, 6) is 0.466. The molecule has 0 bridgehead atoms. The number of carbonyl (C=O) groups is 1. The number of para-hydroxylation sites is 2. The minimum absolute atomic E-state index is 0.0332. The first-order valence-corrected chi connectivity index (χ1v) is 10.8. The van der Waals surface area contributed by atoms with E-state index in [9.17, 15) is 9.59 Å². The molecule has 154 valence electrons. The molecule has 0 aliphatic carbocycles. The molecule has 0 spiro atoms. The van der Waals surface area contributed by atoms with Crippen LogP contribution in [0.4, 0.5) is 5.69 Å². The first-order chi connectivity index (χ1) is 14.5. The lowest BCUT2D eigenvalue weighted by atomic mass is 10.2. The van der Waals surface area contributed by atoms with Crippen molar-refractivity contribution in [3.05, 3.63) is 65.0 Å². The number of carbonyl (C=O) groups excluding carboxylic acids is 1. The Hall–Kier alpha value is -3.13. The maximum absolute atomic E-state index is 13.0. The van der Waals surface area contributed by atoms with Gasteiger partial charge in [0.05, 0.1) is 16.2 Å². The van der Waals surface area contributed by atoms with Crippen molar-refractivity contribution in [1.29, 1.82) is 0 Å². The number of nitrogens with zero attached hydrogens (tertiary/aromatic N) is 5. The van der Waals surface area contributed by atoms with Crippen LogP contribution in [-0.2, 0) is 11.3 Å². The standard InChI is InChI=1S/C22H23N5O2S/c1-4-14-26-20(29)17-12-8-9-13-18(17)27-21(26)23-24-22(27)30-15(2)19(28)25(3)16-10-6-5-7-11-16/h5-13,15H,4,14H2,1-3H3. The van der Waals surface area contributed by atoms with Gasteiger partial charge in [-0.15, -0.1) is 10.2 Å². The van der Waals surface area contributed by atoms with Crippen LogP contribution < -0.4 is 10.5 Å². The highest BCUT2D eigenvalue weighted by Crippen LogP contribution is 2.27. The third-order valence-corrected chi connectivity index (χ3v) is 6.06. The molecule has 2 heterocycles. The van der Waals surface area contributed by atoms with Crippen molar-refractivity contribution >= 4 is 40.0 Å². The molecule has 7 nitrogen and oxygen atoms in total. The molecule has 0 fully saturated rings. The van der Waals surface area contributed by atoms with E-state index in [4.69, 9.17) is 0 Å². The van der Waals surface area contributed by atoms with E-state index in [1.54, 1.807) is 16.5 Å². The molecule has 0 saturated carbocycles. The average Bonchev–Trinajstić information content (AvgIpc) is 3.19. The Morgan fingerprint density at radius 3 is 2.53 bits per heavy atom. The number of benzene rings is 2. The molecule has 2 aromatic heterocycles. The van der Waals surface area contributed by atoms with Gasteiger partial charge in [0.25, 0.3) is 5.56 Å². The minimum Gasteiger partial charge on any atom is -0.315 e. The first kappa shape index (κ1) is 20.2. The van der Waals surface area contributed by atoms with E-state index < -0.39 is 0 Å². The van der Waals surface area contributed by atoms with E-state index in [2.05, 4.69) is 10.2 Å². The number of fused-ring (bicyclic) bond motifs is 3. The van der Waals surface area contributed by atoms with E-state index in [0.29, 0.717) is 22.9 Å². The maximum atomic E-state index is 13.0. The quantitative estimate of drug-likeness (QED) is 0.445. The van der Waals surface area contributed by atoms with Gasteiger partial charge >= 0.3 is 0 Å². The Morgan fingerprint density at radius 2 is 1.80 bits per heavy atom. The monoisotopic (exact) mass is 421 g/mol. The highest BCUT2D eigenvalue weighted by atomic mass is 32.2. The van der Waals surface area contributed by atoms with Crippen LogP contribution in [-0.4, -0.2) is 37.4 Å². The Morgan fingerprint density at radius 1 is 1.10 bits per heavy atom. The molecule has 0 N–H and O–H groups in total. The minimum atomic E-state index is -0.382. The van der Waals surface area contributed by atoms with Crippen LogP contribution >= 0.6 is 11.8 Å². The number of anilines is 1. The molecule has 30 heavy (non-hydrogen) atoms. The lowest BCUT2D eigenvalue weighted by molar-refractivity contribution is -0.117. The molecule has 1 amide bonds. The van der Waals surface area contributed by atoms with Crippen LogP contribution in [0.25, 0.3) is 16.7 Å². The first-order valence-electron chi connectivity index (χ1n) is 9.89. The fourth-order valence-electron chi connectivity index (χ4n) is 3.50. The number of amides is 1. The molecule has 2 aromatic carbocycles. The van der Waals surface area contributed by atoms with E-state index in [0.717, 1.165) is 17.6 Å². The molecule has 0 aliphatic rings. The summed E-state index contributed by atoms with van der Waals surface area (Å²) in [6.45, 7) is 4.43. The SMILES string of the molecule is CCCn1c(=O)c2ccccc2n2c(SC(C)C(=O)N(C)c3ccccc3)nnc12. The Kier molecular flexibility index (Phi) is 5.59. The highest BCUT2D eigenvalue weighted by molar-refractivity contribution is 8.00. The molecule has 8 heteroatoms. The van der Waals surface area contributed by atoms with E-state index >= 15 is 0 Å². The number of hydrogen-bond donors (Lipinski definition) is 0. The van der Waals surface area contributed by atoms with Crippen LogP contribution in [0.2, 0.25) is 0 Å². The van der Waals surface area contributed by atoms with Crippen LogP contribution in [0.1, 0.15) is 20.3 Å². The highest BCUT2D eigenvalue weighted by Gasteiger charge is 2.24. The van der Waals surface area contributed by atoms with Gasteiger partial charge in [-0.3, -0.25) is 18.6 Å². The zero-order valence-corrected chi connectivity index (χ0v) is 18.0. The van der Waals surface area contributed by atoms with Crippen molar-refractivity contribution in [2.24, 2.45) is 0 Å². The second kappa shape index (κ2) is 8.31. The summed E-state index contributed by atoms with van der Waals surface area (Å²) in [5.41, 5.74) is 1.51. The van der Waals surface area contributed by atoms with Crippen molar-refractivity contribution in [3.8, 4) is 0 Å². The molecule has 1 unspecified atom stereocenters. The van der Waals surface area contributed by atoms with Crippen molar-refractivity contribution in [2.45, 2.75) is 37.2 Å². The van der Waals surface area contributed by atoms with Crippen molar-refractivity contribution in [3.63, 3.8) is 0 Å². The summed E-state index contributed by atoms with van der Waals surface area (Å²) >= 11 is 1.34. The van der Waals surface area contributed by atoms with Crippen molar-refractivity contribution < 1.29 is 4.79 Å². The van der Waals surface area contributed by atoms with Gasteiger partial charge in [0.15, 0.2) is 5.16 Å². The largest absolute Gasteiger partial charge is 0.315 e. The van der Waals surface area contributed by atoms with Crippen LogP contribution in [0.15, 0.2) is 64.5 Å². The van der Waals surface area contributed by atoms with Crippen LogP contribution in [0.5, 0.6) is 0 Å². The van der Waals surface area contributed by atoms with Gasteiger partial charge in [-0.25, -0.2) is 0 Å². The molecular formula is C22H23N5O2S. The Balaban J connectivity index is 1.75. The molecule has 4 aromatic rings. The lowest BCUT2D eigenvalue weighted by Gasteiger charge is -2.20. The second-order valence-electron chi connectivity index (χ2n) is 7.08. The summed E-state index contributed by atoms with van der Waals surface area (Å²) < 4.78 is 3.53. The van der Waals surface area contributed by atoms with E-state index in [-0.39, 0.29) is 16.7 Å². The molecular weight excluding hydrogens is 398 g/mol. The average molecular weight is 422 g/mol. The molecule has 0 saturated heterocycles. The summed E-state index contributed by atoms with van der Waals surface area (Å²) in [6, 6.07) is 17.0. The maximum Gasteiger partial charge on any atom is 0.262 e. The number of aryl methyl sites for hydroxylation is 1. The number of aromatic nitrogens is 4. The number of hydrogen-bond acceptors (Lipinski definition) is 5. The van der Waals surface area contributed by atoms with Gasteiger partial charge in [-0.2, -0.15) is 0 Å². The predicted octanol–water partition coefficient (Wildman–Crippen LogP) is 3.60. The van der Waals surface area contributed by atoms with Crippen molar-refractivity contribution in [1.82, 2.24) is 19.2 Å². The summed E-state index contributed by atoms with van der Waals surface area (Å²) in [4.78, 5) is 27.6. The van der Waals surface area contributed by atoms with Gasteiger partial charge < -0.3 is 4.90 Å². The molecule has 0 aliphatic heterocycles. The fraction of sp³-hybridized carbons (Fsp3) is 0.273. The Bertz CT molecular complexity index is 1270. The summed E-state index contributed by atoms with van der Waals surface area (Å²) in [5, 5.41) is 9.44. The zero-order valence-electron chi connectivity index (χ0n) is 17.1. The molecule has 0 radical (unpaired) electrons. The van der Waals surface area contributed by atoms with Gasteiger partial charge in [0.2, 0.25) is 11.7 Å². The van der Waals surface area contributed by atoms with Gasteiger partial charge in [0.1, 0.15) is 0 Å². The number of rotatable bonds is 6. The summed E-state index contributed by atoms with van der Waals surface area (Å²) in [6.07, 6.45) is 0.806. The van der Waals surface area contributed by atoms with Crippen LogP contribution in [0, 0.1) is 0 Å². The van der Waals surface area contributed by atoms with Crippen molar-refractivity contribution in [2.75, 3.05) is 11.9 Å². The van der Waals surface area contributed by atoms with Gasteiger partial charge in [0, 0.05) is 19.3 Å². The summed E-state index contributed by atoms with van der Waals surface area (Å²) in [7, 11) is 1.77. The third kappa shape index (κ3) is 3.47. The molecule has 4 rings (SSSR count). The Labute approximate surface area is 178 Å².